The van der Waals surface area contributed by atoms with Crippen LogP contribution in [0.5, 0.6) is 0 Å². The van der Waals surface area contributed by atoms with E-state index in [2.05, 4.69) is 55.4 Å². The zero-order chi connectivity index (χ0) is 16.1. The van der Waals surface area contributed by atoms with Gasteiger partial charge in [-0.25, -0.2) is 0 Å². The zero-order valence-electron chi connectivity index (χ0n) is 14.8. The zero-order valence-corrected chi connectivity index (χ0v) is 15.7. The van der Waals surface area contributed by atoms with Crippen LogP contribution < -0.4 is 5.32 Å². The summed E-state index contributed by atoms with van der Waals surface area (Å²) in [6, 6.07) is 8.88. The van der Waals surface area contributed by atoms with E-state index in [-0.39, 0.29) is 24.2 Å². The maximum Gasteiger partial charge on any atom is 0.227 e. The molecular weight excluding hydrogens is 308 g/mol. The molecule has 1 heterocycles. The van der Waals surface area contributed by atoms with Gasteiger partial charge in [-0.15, -0.1) is 12.4 Å². The van der Waals surface area contributed by atoms with Crippen molar-refractivity contribution >= 4 is 18.3 Å². The molecule has 1 saturated heterocycles. The minimum Gasteiger partial charge on any atom is -0.353 e. The van der Waals surface area contributed by atoms with Crippen molar-refractivity contribution in [3.63, 3.8) is 0 Å². The van der Waals surface area contributed by atoms with Gasteiger partial charge in [0.1, 0.15) is 0 Å². The van der Waals surface area contributed by atoms with Gasteiger partial charge in [-0.1, -0.05) is 38.1 Å². The number of nitrogens with zero attached hydrogens (tertiary/aromatic N) is 1. The Bertz CT molecular complexity index is 479. The molecule has 1 fully saturated rings. The Labute approximate surface area is 147 Å². The Morgan fingerprint density at radius 3 is 2.26 bits per heavy atom. The first kappa shape index (κ1) is 20.0. The number of carbonyl (C=O) groups excluding carboxylic acids is 1. The third-order valence-electron chi connectivity index (χ3n) is 4.58. The molecule has 1 aromatic carbocycles. The summed E-state index contributed by atoms with van der Waals surface area (Å²) in [5.41, 5.74) is 2.46. The van der Waals surface area contributed by atoms with Crippen molar-refractivity contribution in [1.82, 2.24) is 10.2 Å². The minimum atomic E-state index is -0.0762. The second kappa shape index (κ2) is 9.29. The van der Waals surface area contributed by atoms with Crippen molar-refractivity contribution in [2.45, 2.75) is 52.0 Å². The van der Waals surface area contributed by atoms with Gasteiger partial charge in [-0.3, -0.25) is 4.79 Å². The number of nitrogens with one attached hydrogen (secondary N) is 1. The third kappa shape index (κ3) is 6.15. The van der Waals surface area contributed by atoms with E-state index in [1.807, 2.05) is 6.92 Å². The quantitative estimate of drug-likeness (QED) is 0.889. The van der Waals surface area contributed by atoms with Crippen LogP contribution in [0.4, 0.5) is 0 Å². The monoisotopic (exact) mass is 338 g/mol. The summed E-state index contributed by atoms with van der Waals surface area (Å²) < 4.78 is 0. The molecule has 4 heteroatoms. The SMILES string of the molecule is CC(C)Cc1ccc([C@@H](C)C(=O)NC2CCN(C)CC2)cc1.Cl. The molecule has 130 valence electrons. The summed E-state index contributed by atoms with van der Waals surface area (Å²) in [4.78, 5) is 14.8. The lowest BCUT2D eigenvalue weighted by Crippen LogP contribution is -2.44. The third-order valence-corrected chi connectivity index (χ3v) is 4.58. The molecule has 0 aliphatic carbocycles. The molecule has 3 nitrogen and oxygen atoms in total. The van der Waals surface area contributed by atoms with Crippen molar-refractivity contribution < 1.29 is 4.79 Å². The van der Waals surface area contributed by atoms with Crippen molar-refractivity contribution in [2.24, 2.45) is 5.92 Å². The van der Waals surface area contributed by atoms with Crippen LogP contribution in [0.25, 0.3) is 0 Å². The fourth-order valence-electron chi connectivity index (χ4n) is 3.04. The van der Waals surface area contributed by atoms with Gasteiger partial charge < -0.3 is 10.2 Å². The number of benzene rings is 1. The van der Waals surface area contributed by atoms with Gasteiger partial charge in [0, 0.05) is 6.04 Å². The lowest BCUT2D eigenvalue weighted by molar-refractivity contribution is -0.123. The highest BCUT2D eigenvalue weighted by Gasteiger charge is 2.22. The summed E-state index contributed by atoms with van der Waals surface area (Å²) in [6.07, 6.45) is 3.21. The number of hydrogen-bond acceptors (Lipinski definition) is 2. The second-order valence-electron chi connectivity index (χ2n) is 7.15. The number of rotatable bonds is 5. The standard InChI is InChI=1S/C19H30N2O.ClH/c1-14(2)13-16-5-7-17(8-6-16)15(3)19(22)20-18-9-11-21(4)12-10-18;/h5-8,14-15,18H,9-13H2,1-4H3,(H,20,22);1H/t15-;/m1./s1. The number of carbonyl (C=O) groups is 1. The number of halogens is 1. The van der Waals surface area contributed by atoms with Gasteiger partial charge in [0.2, 0.25) is 5.91 Å². The molecule has 0 aromatic heterocycles. The van der Waals surface area contributed by atoms with Gasteiger partial charge >= 0.3 is 0 Å². The Kier molecular flexibility index (Phi) is 8.07. The average molecular weight is 339 g/mol. The lowest BCUT2D eigenvalue weighted by atomic mass is 9.95. The predicted molar refractivity (Wildman–Crippen MR) is 99.3 cm³/mol. The van der Waals surface area contributed by atoms with Crippen LogP contribution in [-0.2, 0) is 11.2 Å². The van der Waals surface area contributed by atoms with E-state index in [0.29, 0.717) is 12.0 Å². The predicted octanol–water partition coefficient (Wildman–Crippen LogP) is 3.62. The highest BCUT2D eigenvalue weighted by Crippen LogP contribution is 2.19. The highest BCUT2D eigenvalue weighted by atomic mass is 35.5. The van der Waals surface area contributed by atoms with E-state index in [0.717, 1.165) is 37.9 Å². The topological polar surface area (TPSA) is 32.3 Å². The molecule has 0 radical (unpaired) electrons. The van der Waals surface area contributed by atoms with Gasteiger partial charge in [-0.05, 0) is 63.4 Å². The molecule has 0 saturated carbocycles. The minimum absolute atomic E-state index is 0. The Balaban J connectivity index is 0.00000264. The molecule has 0 unspecified atom stereocenters. The first-order valence-corrected chi connectivity index (χ1v) is 8.53. The number of amides is 1. The van der Waals surface area contributed by atoms with Gasteiger partial charge in [0.05, 0.1) is 5.92 Å². The Hall–Kier alpha value is -1.06. The fraction of sp³-hybridized carbons (Fsp3) is 0.632. The summed E-state index contributed by atoms with van der Waals surface area (Å²) in [7, 11) is 2.14. The van der Waals surface area contributed by atoms with Crippen molar-refractivity contribution in [3.05, 3.63) is 35.4 Å². The maximum absolute atomic E-state index is 12.4. The molecule has 2 rings (SSSR count). The molecule has 1 amide bonds. The van der Waals surface area contributed by atoms with E-state index in [1.54, 1.807) is 0 Å². The maximum atomic E-state index is 12.4. The van der Waals surface area contributed by atoms with Crippen LogP contribution in [0, 0.1) is 5.92 Å². The van der Waals surface area contributed by atoms with Crippen LogP contribution in [-0.4, -0.2) is 37.0 Å². The van der Waals surface area contributed by atoms with Crippen molar-refractivity contribution in [1.29, 1.82) is 0 Å². The molecule has 1 atom stereocenters. The Morgan fingerprint density at radius 1 is 1.17 bits per heavy atom. The molecule has 1 aliphatic rings. The van der Waals surface area contributed by atoms with Crippen molar-refractivity contribution in [3.8, 4) is 0 Å². The molecule has 1 aromatic rings. The van der Waals surface area contributed by atoms with Crippen LogP contribution in [0.3, 0.4) is 0 Å². The smallest absolute Gasteiger partial charge is 0.227 e. The summed E-state index contributed by atoms with van der Waals surface area (Å²) in [6.45, 7) is 8.60. The number of piperidine rings is 1. The summed E-state index contributed by atoms with van der Waals surface area (Å²) >= 11 is 0. The summed E-state index contributed by atoms with van der Waals surface area (Å²) in [5, 5.41) is 3.22. The van der Waals surface area contributed by atoms with E-state index < -0.39 is 0 Å². The molecule has 23 heavy (non-hydrogen) atoms. The molecule has 0 spiro atoms. The van der Waals surface area contributed by atoms with Crippen LogP contribution >= 0.6 is 12.4 Å². The highest BCUT2D eigenvalue weighted by molar-refractivity contribution is 5.85. The molecular formula is C19H31ClN2O. The van der Waals surface area contributed by atoms with E-state index in [1.165, 1.54) is 5.56 Å². The number of likely N-dealkylation sites (tertiary alicyclic amines) is 1. The lowest BCUT2D eigenvalue weighted by Gasteiger charge is -2.30. The average Bonchev–Trinajstić information content (AvgIpc) is 2.49. The Morgan fingerprint density at radius 2 is 1.74 bits per heavy atom. The molecule has 0 bridgehead atoms. The van der Waals surface area contributed by atoms with Crippen LogP contribution in [0.15, 0.2) is 24.3 Å². The number of hydrogen-bond donors (Lipinski definition) is 1. The van der Waals surface area contributed by atoms with E-state index in [9.17, 15) is 4.79 Å². The normalized spacial score (nSPS) is 17.6. The van der Waals surface area contributed by atoms with Crippen LogP contribution in [0.2, 0.25) is 0 Å². The summed E-state index contributed by atoms with van der Waals surface area (Å²) in [5.74, 6) is 0.745. The second-order valence-corrected chi connectivity index (χ2v) is 7.15. The van der Waals surface area contributed by atoms with Gasteiger partial charge in [-0.2, -0.15) is 0 Å². The molecule has 1 aliphatic heterocycles. The largest absolute Gasteiger partial charge is 0.353 e. The first-order chi connectivity index (χ1) is 10.5. The van der Waals surface area contributed by atoms with E-state index >= 15 is 0 Å². The van der Waals surface area contributed by atoms with Gasteiger partial charge in [0.15, 0.2) is 0 Å². The van der Waals surface area contributed by atoms with Gasteiger partial charge in [0.25, 0.3) is 0 Å². The van der Waals surface area contributed by atoms with Crippen LogP contribution in [0.1, 0.15) is 50.7 Å². The fourth-order valence-corrected chi connectivity index (χ4v) is 3.04. The first-order valence-electron chi connectivity index (χ1n) is 8.53. The van der Waals surface area contributed by atoms with E-state index in [4.69, 9.17) is 0 Å². The van der Waals surface area contributed by atoms with Crippen molar-refractivity contribution in [2.75, 3.05) is 20.1 Å². The molecule has 1 N–H and O–H groups in total.